The second-order valence-electron chi connectivity index (χ2n) is 12.2. The number of benzene rings is 3. The normalized spacial score (nSPS) is 27.5. The number of nitrogens with zero attached hydrogens (tertiary/aromatic N) is 2. The smallest absolute Gasteiger partial charge is 0.238 e. The Morgan fingerprint density at radius 3 is 1.80 bits per heavy atom. The van der Waals surface area contributed by atoms with Gasteiger partial charge >= 0.3 is 0 Å². The lowest BCUT2D eigenvalue weighted by Crippen LogP contribution is -2.43. The van der Waals surface area contributed by atoms with Crippen LogP contribution in [0.4, 0.5) is 11.4 Å². The Labute approximate surface area is 255 Å². The van der Waals surface area contributed by atoms with E-state index >= 15 is 0 Å². The molecule has 3 aromatic carbocycles. The summed E-state index contributed by atoms with van der Waals surface area (Å²) in [5.41, 5.74) is 5.16. The Balaban J connectivity index is 1.32. The summed E-state index contributed by atoms with van der Waals surface area (Å²) in [6.07, 6.45) is 6.12. The average molecular weight is 585 g/mol. The van der Waals surface area contributed by atoms with Gasteiger partial charge in [-0.3, -0.25) is 29.0 Å². The van der Waals surface area contributed by atoms with Crippen LogP contribution in [0.25, 0.3) is 12.2 Å². The van der Waals surface area contributed by atoms with Crippen molar-refractivity contribution in [1.82, 2.24) is 0 Å². The molecule has 4 aliphatic rings. The van der Waals surface area contributed by atoms with Crippen LogP contribution < -0.4 is 9.80 Å². The highest BCUT2D eigenvalue weighted by molar-refractivity contribution is 6.24. The SMILES string of the molecule is C=Cc1ccc(N2C(=O)C3CC=C4C(CC5C(=O)N(c6ccc(C=C)cc6)C(=O)C5C4c4ccc(O)c(C)c4)C3C2=O)cc1. The Morgan fingerprint density at radius 2 is 1.25 bits per heavy atom. The molecule has 0 radical (unpaired) electrons. The minimum absolute atomic E-state index is 0.141. The number of anilines is 2. The zero-order chi connectivity index (χ0) is 30.9. The second kappa shape index (κ2) is 10.3. The fourth-order valence-electron chi connectivity index (χ4n) is 7.86. The van der Waals surface area contributed by atoms with Crippen LogP contribution in [-0.4, -0.2) is 28.7 Å². The van der Waals surface area contributed by atoms with Gasteiger partial charge in [0.2, 0.25) is 23.6 Å². The van der Waals surface area contributed by atoms with E-state index in [2.05, 4.69) is 13.2 Å². The van der Waals surface area contributed by atoms with E-state index in [1.54, 1.807) is 55.5 Å². The van der Waals surface area contributed by atoms with Crippen LogP contribution >= 0.6 is 0 Å². The Bertz CT molecular complexity index is 1790. The fourth-order valence-corrected chi connectivity index (χ4v) is 7.86. The van der Waals surface area contributed by atoms with Gasteiger partial charge in [-0.2, -0.15) is 0 Å². The van der Waals surface area contributed by atoms with E-state index in [0.717, 1.165) is 22.3 Å². The maximum absolute atomic E-state index is 14.2. The van der Waals surface area contributed by atoms with Crippen molar-refractivity contribution < 1.29 is 24.3 Å². The van der Waals surface area contributed by atoms with Gasteiger partial charge in [0, 0.05) is 5.92 Å². The third-order valence-electron chi connectivity index (χ3n) is 10.0. The second-order valence-corrected chi connectivity index (χ2v) is 12.2. The summed E-state index contributed by atoms with van der Waals surface area (Å²) in [7, 11) is 0. The molecule has 7 rings (SSSR count). The highest BCUT2D eigenvalue weighted by Crippen LogP contribution is 2.58. The number of hydrogen-bond acceptors (Lipinski definition) is 5. The maximum Gasteiger partial charge on any atom is 0.238 e. The van der Waals surface area contributed by atoms with Gasteiger partial charge in [-0.05, 0) is 78.3 Å². The predicted molar refractivity (Wildman–Crippen MR) is 168 cm³/mol. The van der Waals surface area contributed by atoms with Gasteiger partial charge in [0.05, 0.1) is 35.0 Å². The molecule has 2 heterocycles. The molecule has 3 aromatic rings. The lowest BCUT2D eigenvalue weighted by molar-refractivity contribution is -0.126. The van der Waals surface area contributed by atoms with E-state index in [1.165, 1.54) is 9.80 Å². The number of aromatic hydroxyl groups is 1. The Hall–Kier alpha value is -5.04. The molecule has 2 saturated heterocycles. The summed E-state index contributed by atoms with van der Waals surface area (Å²) < 4.78 is 0. The first-order chi connectivity index (χ1) is 21.2. The number of carbonyl (C=O) groups excluding carboxylic acids is 4. The van der Waals surface area contributed by atoms with E-state index in [9.17, 15) is 24.3 Å². The third kappa shape index (κ3) is 4.03. The summed E-state index contributed by atoms with van der Waals surface area (Å²) in [5, 5.41) is 10.3. The Morgan fingerprint density at radius 1 is 0.705 bits per heavy atom. The third-order valence-corrected chi connectivity index (χ3v) is 10.0. The fraction of sp³-hybridized carbons (Fsp3) is 0.243. The number of imide groups is 2. The minimum Gasteiger partial charge on any atom is -0.508 e. The van der Waals surface area contributed by atoms with Crippen LogP contribution in [-0.2, 0) is 19.2 Å². The van der Waals surface area contributed by atoms with Crippen LogP contribution in [0.1, 0.15) is 41.0 Å². The molecule has 1 saturated carbocycles. The molecule has 3 fully saturated rings. The standard InChI is InChI=1S/C37H32N2O5/c1-4-21-6-11-24(12-7-21)38-34(41)27-16-15-26-28(32(27)36(38)43)19-29-33(31(26)23-10-17-30(40)20(3)18-23)37(44)39(35(29)42)25-13-8-22(5-2)9-14-25/h4-15,17-18,27-29,31-33,40H,1-2,16,19H2,3H3. The summed E-state index contributed by atoms with van der Waals surface area (Å²) in [4.78, 5) is 58.8. The molecule has 4 amide bonds. The summed E-state index contributed by atoms with van der Waals surface area (Å²) in [5.74, 6) is -4.29. The molecule has 44 heavy (non-hydrogen) atoms. The number of allylic oxidation sites excluding steroid dienone is 2. The van der Waals surface area contributed by atoms with E-state index in [0.29, 0.717) is 29.8 Å². The number of hydrogen-bond donors (Lipinski definition) is 1. The first-order valence-corrected chi connectivity index (χ1v) is 14.9. The van der Waals surface area contributed by atoms with Crippen LogP contribution in [0.3, 0.4) is 0 Å². The van der Waals surface area contributed by atoms with Crippen molar-refractivity contribution in [2.75, 3.05) is 9.80 Å². The van der Waals surface area contributed by atoms with Crippen molar-refractivity contribution in [2.24, 2.45) is 29.6 Å². The van der Waals surface area contributed by atoms with Crippen molar-refractivity contribution in [3.63, 3.8) is 0 Å². The van der Waals surface area contributed by atoms with Gasteiger partial charge in [-0.25, -0.2) is 0 Å². The lowest BCUT2D eigenvalue weighted by Gasteiger charge is -2.44. The number of phenolic OH excluding ortho intramolecular Hbond substituents is 1. The topological polar surface area (TPSA) is 95.0 Å². The van der Waals surface area contributed by atoms with Crippen LogP contribution in [0.2, 0.25) is 0 Å². The van der Waals surface area contributed by atoms with Crippen molar-refractivity contribution in [3.8, 4) is 5.75 Å². The molecule has 1 N–H and O–H groups in total. The molecule has 6 atom stereocenters. The molecular formula is C37H32N2O5. The molecular weight excluding hydrogens is 552 g/mol. The largest absolute Gasteiger partial charge is 0.508 e. The number of carbonyl (C=O) groups is 4. The molecule has 2 aliphatic heterocycles. The Kier molecular flexibility index (Phi) is 6.50. The highest BCUT2D eigenvalue weighted by atomic mass is 16.3. The number of fused-ring (bicyclic) bond motifs is 4. The average Bonchev–Trinajstić information content (AvgIpc) is 3.45. The van der Waals surface area contributed by atoms with Gasteiger partial charge in [0.1, 0.15) is 5.75 Å². The lowest BCUT2D eigenvalue weighted by atomic mass is 9.57. The molecule has 0 bridgehead atoms. The predicted octanol–water partition coefficient (Wildman–Crippen LogP) is 6.03. The van der Waals surface area contributed by atoms with E-state index in [1.807, 2.05) is 36.4 Å². The first-order valence-electron chi connectivity index (χ1n) is 14.9. The van der Waals surface area contributed by atoms with Gasteiger partial charge < -0.3 is 5.11 Å². The summed E-state index contributed by atoms with van der Waals surface area (Å²) >= 11 is 0. The zero-order valence-electron chi connectivity index (χ0n) is 24.4. The van der Waals surface area contributed by atoms with Crippen molar-refractivity contribution in [2.45, 2.75) is 25.7 Å². The number of phenols is 1. The van der Waals surface area contributed by atoms with Crippen LogP contribution in [0.5, 0.6) is 5.75 Å². The molecule has 0 spiro atoms. The van der Waals surface area contributed by atoms with Crippen LogP contribution in [0, 0.1) is 36.5 Å². The molecule has 7 heteroatoms. The molecule has 6 unspecified atom stereocenters. The van der Waals surface area contributed by atoms with Gasteiger partial charge in [0.25, 0.3) is 0 Å². The number of rotatable bonds is 5. The van der Waals surface area contributed by atoms with Crippen molar-refractivity contribution in [1.29, 1.82) is 0 Å². The number of amides is 4. The van der Waals surface area contributed by atoms with E-state index in [4.69, 9.17) is 0 Å². The molecule has 2 aliphatic carbocycles. The van der Waals surface area contributed by atoms with Gasteiger partial charge in [-0.1, -0.05) is 73.4 Å². The monoisotopic (exact) mass is 584 g/mol. The zero-order valence-corrected chi connectivity index (χ0v) is 24.4. The van der Waals surface area contributed by atoms with Crippen molar-refractivity contribution >= 4 is 47.2 Å². The minimum atomic E-state index is -0.667. The quantitative estimate of drug-likeness (QED) is 0.292. The first kappa shape index (κ1) is 27.8. The molecule has 0 aromatic heterocycles. The van der Waals surface area contributed by atoms with E-state index < -0.39 is 29.6 Å². The highest BCUT2D eigenvalue weighted by Gasteiger charge is 2.62. The molecule has 7 nitrogen and oxygen atoms in total. The van der Waals surface area contributed by atoms with Gasteiger partial charge in [0.15, 0.2) is 0 Å². The van der Waals surface area contributed by atoms with Crippen molar-refractivity contribution in [3.05, 3.63) is 114 Å². The van der Waals surface area contributed by atoms with Gasteiger partial charge in [-0.15, -0.1) is 0 Å². The van der Waals surface area contributed by atoms with Crippen LogP contribution in [0.15, 0.2) is 91.5 Å². The summed E-state index contributed by atoms with van der Waals surface area (Å²) in [6, 6.07) is 19.6. The molecule has 220 valence electrons. The number of aryl methyl sites for hydroxylation is 1. The maximum atomic E-state index is 14.2. The summed E-state index contributed by atoms with van der Waals surface area (Å²) in [6.45, 7) is 9.36. The van der Waals surface area contributed by atoms with E-state index in [-0.39, 0.29) is 35.3 Å².